The van der Waals surface area contributed by atoms with Crippen molar-refractivity contribution in [2.75, 3.05) is 52.4 Å². The van der Waals surface area contributed by atoms with Crippen LogP contribution < -0.4 is 15.1 Å². The van der Waals surface area contributed by atoms with Gasteiger partial charge in [0, 0.05) is 18.7 Å². The molecule has 0 radical (unpaired) electrons. The third-order valence-corrected chi connectivity index (χ3v) is 5.61. The second-order valence-corrected chi connectivity index (χ2v) is 8.11. The van der Waals surface area contributed by atoms with Gasteiger partial charge in [0.15, 0.2) is 6.54 Å². The first-order valence-corrected chi connectivity index (χ1v) is 10.7. The predicted molar refractivity (Wildman–Crippen MR) is 111 cm³/mol. The molecule has 28 heavy (non-hydrogen) atoms. The van der Waals surface area contributed by atoms with E-state index in [-0.39, 0.29) is 18.4 Å². The smallest absolute Gasteiger partial charge is 0.278 e. The Bertz CT molecular complexity index is 622. The Morgan fingerprint density at radius 2 is 1.64 bits per heavy atom. The lowest BCUT2D eigenvalue weighted by Gasteiger charge is -2.30. The maximum atomic E-state index is 12.6. The van der Waals surface area contributed by atoms with E-state index in [1.54, 1.807) is 9.80 Å². The summed E-state index contributed by atoms with van der Waals surface area (Å²) >= 11 is 0. The molecule has 6 nitrogen and oxygen atoms in total. The number of hydrogen-bond donors (Lipinski definition) is 3. The van der Waals surface area contributed by atoms with Crippen molar-refractivity contribution in [3.8, 4) is 0 Å². The number of piperazine rings is 1. The number of nitrogens with zero attached hydrogens (tertiary/aromatic N) is 1. The fraction of sp³-hybridized carbons (Fsp3) is 0.636. The molecular weight excluding hydrogens is 352 g/mol. The van der Waals surface area contributed by atoms with Crippen LogP contribution >= 0.6 is 0 Å². The summed E-state index contributed by atoms with van der Waals surface area (Å²) in [5.74, 6) is 0.573. The molecule has 0 spiro atoms. The van der Waals surface area contributed by atoms with Crippen molar-refractivity contribution < 1.29 is 19.4 Å². The number of carbonyl (C=O) groups is 2. The van der Waals surface area contributed by atoms with Crippen LogP contribution in [-0.4, -0.2) is 69.1 Å². The number of benzene rings is 1. The van der Waals surface area contributed by atoms with Gasteiger partial charge in [0.1, 0.15) is 32.7 Å². The van der Waals surface area contributed by atoms with Gasteiger partial charge in [-0.2, -0.15) is 0 Å². The van der Waals surface area contributed by atoms with Crippen molar-refractivity contribution in [2.24, 2.45) is 0 Å². The highest BCUT2D eigenvalue weighted by Gasteiger charge is 2.27. The lowest BCUT2D eigenvalue weighted by atomic mass is 10.0. The van der Waals surface area contributed by atoms with E-state index >= 15 is 0 Å². The van der Waals surface area contributed by atoms with Crippen molar-refractivity contribution in [2.45, 2.75) is 40.2 Å². The van der Waals surface area contributed by atoms with Crippen LogP contribution in [0.2, 0.25) is 0 Å². The van der Waals surface area contributed by atoms with Crippen LogP contribution in [0, 0.1) is 0 Å². The fourth-order valence-electron chi connectivity index (χ4n) is 3.75. The molecule has 0 atom stereocenters. The maximum absolute atomic E-state index is 12.6. The zero-order chi connectivity index (χ0) is 20.5. The number of rotatable bonds is 9. The SMILES string of the molecule is CCNC(=O)CN(CC)C(=O)C[NH+]1CC[NH+](Cc2ccc(C(C)C)cc2)CC1. The normalized spacial score (nSPS) is 19.5. The molecule has 1 fully saturated rings. The Kier molecular flexibility index (Phi) is 8.93. The predicted octanol–water partition coefficient (Wildman–Crippen LogP) is -0.922. The lowest BCUT2D eigenvalue weighted by molar-refractivity contribution is -1.02. The van der Waals surface area contributed by atoms with Crippen LogP contribution in [0.25, 0.3) is 0 Å². The molecule has 0 saturated carbocycles. The molecule has 1 aromatic rings. The zero-order valence-corrected chi connectivity index (χ0v) is 18.0. The lowest BCUT2D eigenvalue weighted by Crippen LogP contribution is -3.28. The van der Waals surface area contributed by atoms with Crippen LogP contribution in [-0.2, 0) is 16.1 Å². The topological polar surface area (TPSA) is 58.3 Å². The molecule has 1 aliphatic rings. The highest BCUT2D eigenvalue weighted by atomic mass is 16.2. The molecule has 6 heteroatoms. The van der Waals surface area contributed by atoms with Gasteiger partial charge in [0.05, 0.1) is 6.54 Å². The summed E-state index contributed by atoms with van der Waals surface area (Å²) in [6.45, 7) is 15.3. The average molecular weight is 391 g/mol. The monoisotopic (exact) mass is 390 g/mol. The Hall–Kier alpha value is -1.92. The van der Waals surface area contributed by atoms with Gasteiger partial charge in [0.2, 0.25) is 5.91 Å². The summed E-state index contributed by atoms with van der Waals surface area (Å²) in [5, 5.41) is 2.76. The molecular formula is C22H38N4O2+2. The Morgan fingerprint density at radius 3 is 2.18 bits per heavy atom. The van der Waals surface area contributed by atoms with E-state index in [2.05, 4.69) is 43.4 Å². The van der Waals surface area contributed by atoms with Crippen molar-refractivity contribution >= 4 is 11.8 Å². The maximum Gasteiger partial charge on any atom is 0.278 e. The quantitative estimate of drug-likeness (QED) is 0.511. The van der Waals surface area contributed by atoms with Gasteiger partial charge >= 0.3 is 0 Å². The minimum atomic E-state index is -0.0783. The van der Waals surface area contributed by atoms with E-state index in [4.69, 9.17) is 0 Å². The number of carbonyl (C=O) groups excluding carboxylic acids is 2. The van der Waals surface area contributed by atoms with Gasteiger partial charge < -0.3 is 20.0 Å². The van der Waals surface area contributed by atoms with Crippen LogP contribution in [0.5, 0.6) is 0 Å². The summed E-state index contributed by atoms with van der Waals surface area (Å²) in [6, 6.07) is 9.00. The average Bonchev–Trinajstić information content (AvgIpc) is 2.68. The molecule has 0 aromatic heterocycles. The van der Waals surface area contributed by atoms with Gasteiger partial charge in [-0.15, -0.1) is 0 Å². The van der Waals surface area contributed by atoms with Gasteiger partial charge in [0.25, 0.3) is 5.91 Å². The first kappa shape index (κ1) is 22.4. The molecule has 156 valence electrons. The van der Waals surface area contributed by atoms with Gasteiger partial charge in [-0.3, -0.25) is 9.59 Å². The number of likely N-dealkylation sites (N-methyl/N-ethyl adjacent to an activating group) is 2. The minimum Gasteiger partial charge on any atom is -0.355 e. The standard InChI is InChI=1S/C22H36N4O2/c1-5-23-21(27)16-26(6-2)22(28)17-25-13-11-24(12-14-25)15-19-7-9-20(10-8-19)18(3)4/h7-10,18H,5-6,11-17H2,1-4H3,(H,23,27)/p+2. The van der Waals surface area contributed by atoms with Crippen LogP contribution in [0.4, 0.5) is 0 Å². The van der Waals surface area contributed by atoms with E-state index in [0.29, 0.717) is 25.6 Å². The van der Waals surface area contributed by atoms with Crippen molar-refractivity contribution in [1.29, 1.82) is 0 Å². The Balaban J connectivity index is 1.76. The molecule has 0 unspecified atom stereocenters. The van der Waals surface area contributed by atoms with E-state index in [1.807, 2.05) is 13.8 Å². The van der Waals surface area contributed by atoms with E-state index in [9.17, 15) is 9.59 Å². The summed E-state index contributed by atoms with van der Waals surface area (Å²) in [4.78, 5) is 28.9. The molecule has 1 aromatic carbocycles. The number of quaternary nitrogens is 2. The molecule has 1 saturated heterocycles. The fourth-order valence-corrected chi connectivity index (χ4v) is 3.75. The molecule has 3 N–H and O–H groups in total. The van der Waals surface area contributed by atoms with Gasteiger partial charge in [-0.05, 0) is 25.3 Å². The second-order valence-electron chi connectivity index (χ2n) is 8.11. The first-order valence-electron chi connectivity index (χ1n) is 10.7. The Morgan fingerprint density at radius 1 is 1.04 bits per heavy atom. The highest BCUT2D eigenvalue weighted by Crippen LogP contribution is 2.14. The Labute approximate surface area is 169 Å². The van der Waals surface area contributed by atoms with Crippen molar-refractivity contribution in [3.05, 3.63) is 35.4 Å². The van der Waals surface area contributed by atoms with E-state index in [0.717, 1.165) is 32.7 Å². The number of amides is 2. The minimum absolute atomic E-state index is 0.0783. The third kappa shape index (κ3) is 6.91. The molecule has 2 amide bonds. The summed E-state index contributed by atoms with van der Waals surface area (Å²) in [7, 11) is 0. The second kappa shape index (κ2) is 11.2. The molecule has 1 aliphatic heterocycles. The summed E-state index contributed by atoms with van der Waals surface area (Å²) < 4.78 is 0. The van der Waals surface area contributed by atoms with E-state index in [1.165, 1.54) is 16.0 Å². The first-order chi connectivity index (χ1) is 13.4. The molecule has 0 aliphatic carbocycles. The largest absolute Gasteiger partial charge is 0.355 e. The molecule has 1 heterocycles. The van der Waals surface area contributed by atoms with Crippen LogP contribution in [0.1, 0.15) is 44.7 Å². The van der Waals surface area contributed by atoms with Gasteiger partial charge in [-0.1, -0.05) is 38.1 Å². The molecule has 0 bridgehead atoms. The third-order valence-electron chi connectivity index (χ3n) is 5.61. The summed E-state index contributed by atoms with van der Waals surface area (Å²) in [6.07, 6.45) is 0. The van der Waals surface area contributed by atoms with Crippen LogP contribution in [0.3, 0.4) is 0 Å². The van der Waals surface area contributed by atoms with E-state index < -0.39 is 0 Å². The van der Waals surface area contributed by atoms with Crippen molar-refractivity contribution in [1.82, 2.24) is 10.2 Å². The summed E-state index contributed by atoms with van der Waals surface area (Å²) in [5.41, 5.74) is 2.78. The molecule has 2 rings (SSSR count). The van der Waals surface area contributed by atoms with Crippen molar-refractivity contribution in [3.63, 3.8) is 0 Å². The zero-order valence-electron chi connectivity index (χ0n) is 18.0. The number of hydrogen-bond acceptors (Lipinski definition) is 2. The number of nitrogens with one attached hydrogen (secondary N) is 3. The van der Waals surface area contributed by atoms with Crippen LogP contribution in [0.15, 0.2) is 24.3 Å². The highest BCUT2D eigenvalue weighted by molar-refractivity contribution is 5.85. The van der Waals surface area contributed by atoms with Gasteiger partial charge in [-0.25, -0.2) is 0 Å².